The molecule has 138 valence electrons. The van der Waals surface area contributed by atoms with Crippen LogP contribution in [0.25, 0.3) is 10.4 Å². The van der Waals surface area contributed by atoms with Crippen LogP contribution in [0.3, 0.4) is 0 Å². The van der Waals surface area contributed by atoms with E-state index in [2.05, 4.69) is 20.7 Å². The van der Waals surface area contributed by atoms with E-state index >= 15 is 0 Å². The lowest BCUT2D eigenvalue weighted by molar-refractivity contribution is -0.137. The van der Waals surface area contributed by atoms with Crippen LogP contribution in [-0.4, -0.2) is 24.8 Å². The third kappa shape index (κ3) is 7.77. The van der Waals surface area contributed by atoms with Gasteiger partial charge in [-0.25, -0.2) is 4.79 Å². The number of benzene rings is 1. The number of carbonyl (C=O) groups is 1. The van der Waals surface area contributed by atoms with Crippen molar-refractivity contribution in [1.29, 1.82) is 0 Å². The van der Waals surface area contributed by atoms with Gasteiger partial charge in [0.15, 0.2) is 0 Å². The van der Waals surface area contributed by atoms with Crippen molar-refractivity contribution in [2.45, 2.75) is 39.1 Å². The maximum absolute atomic E-state index is 13.0. The Morgan fingerprint density at radius 2 is 1.96 bits per heavy atom. The summed E-state index contributed by atoms with van der Waals surface area (Å²) in [7, 11) is 0. The molecule has 1 aromatic carbocycles. The largest absolute Gasteiger partial charge is 0.444 e. The Balaban J connectivity index is 2.53. The van der Waals surface area contributed by atoms with Crippen LogP contribution in [0.15, 0.2) is 23.3 Å². The molecule has 1 rings (SSSR count). The molecule has 0 heterocycles. The summed E-state index contributed by atoms with van der Waals surface area (Å²) in [4.78, 5) is 13.8. The van der Waals surface area contributed by atoms with E-state index in [1.54, 1.807) is 20.8 Å². The molecule has 0 aliphatic carbocycles. The predicted octanol–water partition coefficient (Wildman–Crippen LogP) is 4.26. The van der Waals surface area contributed by atoms with Gasteiger partial charge in [0, 0.05) is 30.2 Å². The van der Waals surface area contributed by atoms with Crippen molar-refractivity contribution in [3.05, 3.63) is 39.8 Å². The van der Waals surface area contributed by atoms with Crippen LogP contribution >= 0.6 is 0 Å². The van der Waals surface area contributed by atoms with E-state index in [4.69, 9.17) is 10.3 Å². The smallest absolute Gasteiger partial charge is 0.416 e. The third-order valence-corrected chi connectivity index (χ3v) is 2.82. The number of azide groups is 1. The molecule has 0 spiro atoms. The molecule has 0 saturated heterocycles. The number of alkyl carbamates (subject to hydrolysis) is 1. The second-order valence-electron chi connectivity index (χ2n) is 6.14. The highest BCUT2D eigenvalue weighted by molar-refractivity contribution is 5.67. The van der Waals surface area contributed by atoms with E-state index in [-0.39, 0.29) is 13.1 Å². The number of hydrogen-bond donors (Lipinski definition) is 2. The molecule has 0 bridgehead atoms. The van der Waals surface area contributed by atoms with Crippen molar-refractivity contribution in [3.63, 3.8) is 0 Å². The first-order valence-corrected chi connectivity index (χ1v) is 7.46. The van der Waals surface area contributed by atoms with Crippen molar-refractivity contribution in [2.75, 3.05) is 13.1 Å². The monoisotopic (exact) mass is 359 g/mol. The van der Waals surface area contributed by atoms with Crippen molar-refractivity contribution >= 4 is 11.8 Å². The molecule has 0 aromatic heterocycles. The van der Waals surface area contributed by atoms with Crippen LogP contribution in [0.2, 0.25) is 0 Å². The molecule has 0 unspecified atom stereocenters. The molecule has 25 heavy (non-hydrogen) atoms. The van der Waals surface area contributed by atoms with Crippen molar-refractivity contribution < 1.29 is 22.7 Å². The van der Waals surface area contributed by atoms with Crippen LogP contribution in [0.1, 0.15) is 31.9 Å². The molecular formula is C15H20F3N5O2. The van der Waals surface area contributed by atoms with Gasteiger partial charge in [-0.1, -0.05) is 17.2 Å². The van der Waals surface area contributed by atoms with Crippen LogP contribution in [0.5, 0.6) is 0 Å². The molecular weight excluding hydrogens is 339 g/mol. The van der Waals surface area contributed by atoms with Crippen LogP contribution in [0, 0.1) is 0 Å². The molecule has 0 fully saturated rings. The van der Waals surface area contributed by atoms with Gasteiger partial charge in [-0.05, 0) is 37.9 Å². The van der Waals surface area contributed by atoms with E-state index in [1.165, 1.54) is 6.07 Å². The van der Waals surface area contributed by atoms with Crippen molar-refractivity contribution in [3.8, 4) is 0 Å². The number of amides is 1. The van der Waals surface area contributed by atoms with Gasteiger partial charge in [-0.2, -0.15) is 13.2 Å². The number of nitrogens with zero attached hydrogens (tertiary/aromatic N) is 3. The Kier molecular flexibility index (Phi) is 7.08. The van der Waals surface area contributed by atoms with Crippen LogP contribution in [0.4, 0.5) is 23.7 Å². The number of alkyl halides is 3. The highest BCUT2D eigenvalue weighted by atomic mass is 19.4. The summed E-state index contributed by atoms with van der Waals surface area (Å²) in [6, 6.07) is 3.49. The highest BCUT2D eigenvalue weighted by Crippen LogP contribution is 2.37. The van der Waals surface area contributed by atoms with Gasteiger partial charge in [0.25, 0.3) is 0 Å². The molecule has 0 radical (unpaired) electrons. The third-order valence-electron chi connectivity index (χ3n) is 2.82. The van der Waals surface area contributed by atoms with E-state index < -0.39 is 29.1 Å². The number of hydrogen-bond acceptors (Lipinski definition) is 4. The second-order valence-corrected chi connectivity index (χ2v) is 6.14. The minimum Gasteiger partial charge on any atom is -0.444 e. The summed E-state index contributed by atoms with van der Waals surface area (Å²) < 4.78 is 43.9. The van der Waals surface area contributed by atoms with E-state index in [9.17, 15) is 18.0 Å². The first-order valence-electron chi connectivity index (χ1n) is 7.46. The normalized spacial score (nSPS) is 11.6. The molecule has 1 aromatic rings. The highest BCUT2D eigenvalue weighted by Gasteiger charge is 2.33. The lowest BCUT2D eigenvalue weighted by atomic mass is 10.1. The fourth-order valence-electron chi connectivity index (χ4n) is 1.86. The number of rotatable bonds is 6. The molecule has 0 saturated carbocycles. The Morgan fingerprint density at radius 1 is 1.28 bits per heavy atom. The van der Waals surface area contributed by atoms with Crippen LogP contribution < -0.4 is 10.6 Å². The van der Waals surface area contributed by atoms with Gasteiger partial charge in [0.05, 0.1) is 5.56 Å². The summed E-state index contributed by atoms with van der Waals surface area (Å²) >= 11 is 0. The summed E-state index contributed by atoms with van der Waals surface area (Å²) in [5.41, 5.74) is 6.65. The zero-order valence-corrected chi connectivity index (χ0v) is 14.1. The van der Waals surface area contributed by atoms with E-state index in [0.29, 0.717) is 12.1 Å². The van der Waals surface area contributed by atoms with E-state index in [1.807, 2.05) is 0 Å². The summed E-state index contributed by atoms with van der Waals surface area (Å²) in [5.74, 6) is 0. The lowest BCUT2D eigenvalue weighted by Crippen LogP contribution is -2.36. The van der Waals surface area contributed by atoms with Gasteiger partial charge in [-0.3, -0.25) is 0 Å². The lowest BCUT2D eigenvalue weighted by Gasteiger charge is -2.19. The Labute approximate surface area is 143 Å². The molecule has 0 aliphatic heterocycles. The molecule has 2 N–H and O–H groups in total. The van der Waals surface area contributed by atoms with Gasteiger partial charge < -0.3 is 15.4 Å². The van der Waals surface area contributed by atoms with Gasteiger partial charge in [0.2, 0.25) is 0 Å². The maximum atomic E-state index is 13.0. The number of halogens is 3. The van der Waals surface area contributed by atoms with Gasteiger partial charge in [-0.15, -0.1) is 0 Å². The first-order chi connectivity index (χ1) is 11.5. The average molecular weight is 359 g/mol. The molecule has 7 nitrogen and oxygen atoms in total. The molecule has 10 heteroatoms. The average Bonchev–Trinajstić information content (AvgIpc) is 2.45. The van der Waals surface area contributed by atoms with Crippen molar-refractivity contribution in [1.82, 2.24) is 10.6 Å². The predicted molar refractivity (Wildman–Crippen MR) is 86.2 cm³/mol. The molecule has 0 atom stereocenters. The van der Waals surface area contributed by atoms with Crippen LogP contribution in [-0.2, 0) is 17.5 Å². The zero-order valence-electron chi connectivity index (χ0n) is 14.1. The quantitative estimate of drug-likeness (QED) is 0.343. The van der Waals surface area contributed by atoms with Gasteiger partial charge in [0.1, 0.15) is 5.60 Å². The Morgan fingerprint density at radius 3 is 2.52 bits per heavy atom. The Bertz CT molecular complexity index is 650. The summed E-state index contributed by atoms with van der Waals surface area (Å²) in [6.45, 7) is 5.99. The number of nitrogens with one attached hydrogen (secondary N) is 2. The van der Waals surface area contributed by atoms with Crippen molar-refractivity contribution in [2.24, 2.45) is 5.11 Å². The van der Waals surface area contributed by atoms with Gasteiger partial charge >= 0.3 is 12.3 Å². The molecule has 0 aliphatic rings. The molecule has 1 amide bonds. The minimum absolute atomic E-state index is 0.162. The first kappa shape index (κ1) is 20.6. The summed E-state index contributed by atoms with van der Waals surface area (Å²) in [5, 5.41) is 8.49. The zero-order chi connectivity index (χ0) is 19.1. The summed E-state index contributed by atoms with van der Waals surface area (Å²) in [6.07, 6.45) is -5.18. The SMILES string of the molecule is CC(C)(C)OC(=O)NCCNCc1ccc(N=[N+]=[N-])c(C(F)(F)F)c1. The number of carbonyl (C=O) groups excluding carboxylic acids is 1. The van der Waals surface area contributed by atoms with E-state index in [0.717, 1.165) is 12.1 Å². The fourth-order valence-corrected chi connectivity index (χ4v) is 1.86. The Hall–Kier alpha value is -2.45. The minimum atomic E-state index is -4.61. The topological polar surface area (TPSA) is 99.1 Å². The number of ether oxygens (including phenoxy) is 1. The second kappa shape index (κ2) is 8.59. The standard InChI is InChI=1S/C15H20F3N5O2/c1-14(2,3)25-13(24)21-7-6-20-9-10-4-5-12(22-23-19)11(8-10)15(16,17)18/h4-5,8,20H,6-7,9H2,1-3H3,(H,21,24). The fraction of sp³-hybridized carbons (Fsp3) is 0.533. The maximum Gasteiger partial charge on any atom is 0.416 e.